The van der Waals surface area contributed by atoms with Crippen LogP contribution in [0.2, 0.25) is 0 Å². The molecule has 1 atom stereocenters. The molecule has 0 aliphatic heterocycles. The van der Waals surface area contributed by atoms with Gasteiger partial charge in [-0.1, -0.05) is 196 Å². The Morgan fingerprint density at radius 3 is 1.64 bits per heavy atom. The summed E-state index contributed by atoms with van der Waals surface area (Å²) >= 11 is 1.87. The van der Waals surface area contributed by atoms with Crippen LogP contribution in [0.25, 0.3) is 75.8 Å². The molecular formula is C65H47NS. The van der Waals surface area contributed by atoms with Crippen molar-refractivity contribution < 1.29 is 0 Å². The molecule has 318 valence electrons. The van der Waals surface area contributed by atoms with Crippen molar-refractivity contribution in [3.63, 3.8) is 0 Å². The average Bonchev–Trinajstić information content (AvgIpc) is 3.98. The van der Waals surface area contributed by atoms with Gasteiger partial charge in [0, 0.05) is 47.9 Å². The van der Waals surface area contributed by atoms with E-state index in [1.807, 2.05) is 11.3 Å². The first-order chi connectivity index (χ1) is 32.9. The predicted octanol–water partition coefficient (Wildman–Crippen LogP) is 18.2. The van der Waals surface area contributed by atoms with Crippen LogP contribution in [0.1, 0.15) is 48.6 Å². The highest BCUT2D eigenvalue weighted by Gasteiger charge is 2.41. The monoisotopic (exact) mass is 873 g/mol. The number of benzene rings is 10. The number of anilines is 3. The molecule has 2 aliphatic rings. The lowest BCUT2D eigenvalue weighted by atomic mass is 9.74. The lowest BCUT2D eigenvalue weighted by molar-refractivity contribution is 0.662. The van der Waals surface area contributed by atoms with Gasteiger partial charge >= 0.3 is 0 Å². The van der Waals surface area contributed by atoms with Gasteiger partial charge in [0.05, 0.1) is 5.69 Å². The number of hydrogen-bond acceptors (Lipinski definition) is 2. The highest BCUT2D eigenvalue weighted by molar-refractivity contribution is 7.25. The van der Waals surface area contributed by atoms with Crippen LogP contribution in [0.3, 0.4) is 0 Å². The molecule has 0 bridgehead atoms. The zero-order valence-electron chi connectivity index (χ0n) is 37.8. The largest absolute Gasteiger partial charge is 0.310 e. The second-order valence-electron chi connectivity index (χ2n) is 18.9. The number of hydrogen-bond donors (Lipinski definition) is 0. The van der Waals surface area contributed by atoms with E-state index < -0.39 is 0 Å². The van der Waals surface area contributed by atoms with E-state index in [0.717, 1.165) is 17.1 Å². The summed E-state index contributed by atoms with van der Waals surface area (Å²) in [4.78, 5) is 2.46. The molecule has 0 spiro atoms. The minimum absolute atomic E-state index is 0.162. The summed E-state index contributed by atoms with van der Waals surface area (Å²) < 4.78 is 2.64. The molecule has 1 nitrogen and oxygen atoms in total. The van der Waals surface area contributed by atoms with E-state index in [4.69, 9.17) is 0 Å². The van der Waals surface area contributed by atoms with Gasteiger partial charge in [-0.05, 0) is 133 Å². The predicted molar refractivity (Wildman–Crippen MR) is 285 cm³/mol. The molecule has 0 fully saturated rings. The van der Waals surface area contributed by atoms with Crippen molar-refractivity contribution in [2.45, 2.75) is 31.6 Å². The summed E-state index contributed by atoms with van der Waals surface area (Å²) in [5.74, 6) is 0. The van der Waals surface area contributed by atoms with E-state index in [1.54, 1.807) is 0 Å². The van der Waals surface area contributed by atoms with Crippen LogP contribution in [-0.2, 0) is 10.8 Å². The minimum atomic E-state index is -0.259. The maximum atomic E-state index is 2.46. The van der Waals surface area contributed by atoms with Crippen LogP contribution in [0.5, 0.6) is 0 Å². The van der Waals surface area contributed by atoms with E-state index in [0.29, 0.717) is 0 Å². The van der Waals surface area contributed by atoms with Crippen LogP contribution in [0.4, 0.5) is 17.1 Å². The third-order valence-corrected chi connectivity index (χ3v) is 16.1. The van der Waals surface area contributed by atoms with E-state index in [1.165, 1.54) is 104 Å². The maximum Gasteiger partial charge on any atom is 0.0540 e. The third kappa shape index (κ3) is 5.99. The molecule has 0 N–H and O–H groups in total. The molecule has 0 amide bonds. The molecular weight excluding hydrogens is 827 g/mol. The summed E-state index contributed by atoms with van der Waals surface area (Å²) in [6.07, 6.45) is 0. The van der Waals surface area contributed by atoms with E-state index in [2.05, 4.69) is 256 Å². The molecule has 1 heterocycles. The number of rotatable bonds is 7. The lowest BCUT2D eigenvalue weighted by Crippen LogP contribution is -2.22. The second-order valence-corrected chi connectivity index (χ2v) is 20.0. The normalized spacial score (nSPS) is 15.3. The Bertz CT molecular complexity index is 3730. The van der Waals surface area contributed by atoms with Gasteiger partial charge in [0.2, 0.25) is 0 Å². The number of para-hydroxylation sites is 1. The second kappa shape index (κ2) is 15.1. The summed E-state index contributed by atoms with van der Waals surface area (Å²) in [6.45, 7) is 7.16. The van der Waals surface area contributed by atoms with Gasteiger partial charge in [-0.25, -0.2) is 0 Å². The fraction of sp³-hybridized carbons (Fsp3) is 0.0769. The Hall–Kier alpha value is -7.78. The molecule has 13 rings (SSSR count). The summed E-state index contributed by atoms with van der Waals surface area (Å²) in [5, 5.41) is 2.64. The first kappa shape index (κ1) is 39.6. The van der Waals surface area contributed by atoms with Crippen LogP contribution in [0, 0.1) is 0 Å². The number of fused-ring (bicyclic) bond motifs is 9. The molecule has 0 saturated heterocycles. The van der Waals surface area contributed by atoms with Crippen molar-refractivity contribution in [3.05, 3.63) is 258 Å². The summed E-state index contributed by atoms with van der Waals surface area (Å²) in [5.41, 5.74) is 22.4. The van der Waals surface area contributed by atoms with Crippen molar-refractivity contribution in [3.8, 4) is 55.6 Å². The lowest BCUT2D eigenvalue weighted by Gasteiger charge is -2.30. The molecule has 0 radical (unpaired) electrons. The van der Waals surface area contributed by atoms with Gasteiger partial charge in [0.25, 0.3) is 0 Å². The first-order valence-corrected chi connectivity index (χ1v) is 24.2. The van der Waals surface area contributed by atoms with E-state index in [9.17, 15) is 0 Å². The topological polar surface area (TPSA) is 3.24 Å². The van der Waals surface area contributed by atoms with Crippen LogP contribution in [0.15, 0.2) is 231 Å². The fourth-order valence-corrected chi connectivity index (χ4v) is 12.9. The standard InChI is InChI=1S/C65H47NS/c1-64(2)56-26-11-7-20-50(56)53-24-15-25-54(63(53)64)52-21-9-13-28-59(52)66(47-38-33-43(34-39-47)48-23-16-30-61-62(48)55-22-10-14-29-60(55)67-61)46-36-31-42(32-37-46)44-35-40-51-49-19-8-12-27-57(49)65(3,58(51)41-44)45-17-5-4-6-18-45/h4-41H,1-3H3. The maximum absolute atomic E-state index is 2.46. The smallest absolute Gasteiger partial charge is 0.0540 e. The Morgan fingerprint density at radius 2 is 0.881 bits per heavy atom. The van der Waals surface area contributed by atoms with E-state index >= 15 is 0 Å². The molecule has 2 heteroatoms. The quantitative estimate of drug-likeness (QED) is 0.154. The first-order valence-electron chi connectivity index (χ1n) is 23.4. The van der Waals surface area contributed by atoms with Crippen LogP contribution >= 0.6 is 11.3 Å². The minimum Gasteiger partial charge on any atom is -0.310 e. The van der Waals surface area contributed by atoms with Gasteiger partial charge in [-0.15, -0.1) is 11.3 Å². The van der Waals surface area contributed by atoms with Gasteiger partial charge in [0.15, 0.2) is 0 Å². The van der Waals surface area contributed by atoms with Crippen molar-refractivity contribution >= 4 is 48.6 Å². The molecule has 1 unspecified atom stereocenters. The van der Waals surface area contributed by atoms with Crippen molar-refractivity contribution in [1.82, 2.24) is 0 Å². The van der Waals surface area contributed by atoms with Gasteiger partial charge in [-0.3, -0.25) is 0 Å². The molecule has 2 aliphatic carbocycles. The van der Waals surface area contributed by atoms with Gasteiger partial charge < -0.3 is 4.90 Å². The van der Waals surface area contributed by atoms with Gasteiger partial charge in [0.1, 0.15) is 0 Å². The third-order valence-electron chi connectivity index (χ3n) is 15.0. The average molecular weight is 874 g/mol. The number of nitrogens with zero attached hydrogens (tertiary/aromatic N) is 1. The highest BCUT2D eigenvalue weighted by Crippen LogP contribution is 2.55. The molecule has 67 heavy (non-hydrogen) atoms. The molecule has 1 aromatic heterocycles. The molecule has 10 aromatic carbocycles. The summed E-state index contributed by atoms with van der Waals surface area (Å²) in [6, 6.07) is 85.9. The van der Waals surface area contributed by atoms with Crippen molar-refractivity contribution in [2.24, 2.45) is 0 Å². The van der Waals surface area contributed by atoms with E-state index in [-0.39, 0.29) is 10.8 Å². The Labute approximate surface area is 396 Å². The highest BCUT2D eigenvalue weighted by atomic mass is 32.1. The van der Waals surface area contributed by atoms with Crippen molar-refractivity contribution in [1.29, 1.82) is 0 Å². The molecule has 11 aromatic rings. The Kier molecular flexibility index (Phi) is 8.94. The fourth-order valence-electron chi connectivity index (χ4n) is 11.8. The zero-order chi connectivity index (χ0) is 44.9. The van der Waals surface area contributed by atoms with Gasteiger partial charge in [-0.2, -0.15) is 0 Å². The Balaban J connectivity index is 0.952. The SMILES string of the molecule is CC1(C)c2ccccc2-c2cccc(-c3ccccc3N(c3ccc(-c4ccc5c(c4)C(C)(c4ccccc4)c4ccccc4-5)cc3)c3ccc(-c4cccc5sc6ccccc6c45)cc3)c21. The molecule has 0 saturated carbocycles. The van der Waals surface area contributed by atoms with Crippen LogP contribution in [-0.4, -0.2) is 0 Å². The van der Waals surface area contributed by atoms with Crippen molar-refractivity contribution in [2.75, 3.05) is 4.90 Å². The number of thiophene rings is 1. The Morgan fingerprint density at radius 1 is 0.358 bits per heavy atom. The van der Waals surface area contributed by atoms with Crippen LogP contribution < -0.4 is 4.90 Å². The summed E-state index contributed by atoms with van der Waals surface area (Å²) in [7, 11) is 0. The zero-order valence-corrected chi connectivity index (χ0v) is 38.6.